The van der Waals surface area contributed by atoms with Gasteiger partial charge < -0.3 is 5.91 Å². The van der Waals surface area contributed by atoms with Gasteiger partial charge in [-0.3, -0.25) is 0 Å². The number of halogens is 2. The first kappa shape index (κ1) is 10.0. The Labute approximate surface area is 53.1 Å². The van der Waals surface area contributed by atoms with Gasteiger partial charge >= 0.3 is 47.2 Å². The second-order valence-electron chi connectivity index (χ2n) is 0.184. The molecule has 0 aromatic rings. The van der Waals surface area contributed by atoms with E-state index in [9.17, 15) is 5.91 Å². The van der Waals surface area contributed by atoms with Gasteiger partial charge in [-0.2, -0.15) is 0 Å². The molecule has 6 heteroatoms. The second kappa shape index (κ2) is 16.8. The predicted octanol–water partition coefficient (Wildman–Crippen LogP) is 0.219. The molecule has 0 N–H and O–H groups in total. The van der Waals surface area contributed by atoms with Gasteiger partial charge in [-0.15, -0.1) is 0 Å². The molecule has 0 heterocycles. The monoisotopic (exact) mass is 142 g/mol. The summed E-state index contributed by atoms with van der Waals surface area (Å²) < 4.78 is 36.5. The first-order chi connectivity index (χ1) is 2.83. The molecule has 0 aliphatic rings. The van der Waals surface area contributed by atoms with Crippen molar-refractivity contribution in [3.63, 3.8) is 0 Å². The third-order valence-corrected chi connectivity index (χ3v) is 0. The molecule has 0 aromatic heterocycles. The summed E-state index contributed by atoms with van der Waals surface area (Å²) in [7, 11) is 0. The van der Waals surface area contributed by atoms with Gasteiger partial charge in [0.2, 0.25) is 0 Å². The van der Waals surface area contributed by atoms with E-state index in [1.165, 1.54) is 0 Å². The van der Waals surface area contributed by atoms with E-state index in [-0.39, 0.29) is 0 Å². The van der Waals surface area contributed by atoms with E-state index in [1.54, 1.807) is 0 Å². The number of hydrogen-bond donors (Lipinski definition) is 0. The van der Waals surface area contributed by atoms with Crippen LogP contribution in [0.1, 0.15) is 0 Å². The van der Waals surface area contributed by atoms with Gasteiger partial charge in [0.25, 0.3) is 0 Å². The van der Waals surface area contributed by atoms with Gasteiger partial charge in [0.15, 0.2) is 0 Å². The summed E-state index contributed by atoms with van der Waals surface area (Å²) in [6.45, 7) is 0. The van der Waals surface area contributed by atoms with Gasteiger partial charge in [0.05, 0.1) is 0 Å². The molecule has 0 aliphatic carbocycles. The Bertz CT molecular complexity index is 40.8. The standard InChI is InChI=1S/2FH.Mg.2O.Ti/h2*1H;;;;/q;;+2;;;/p-2. The van der Waals surface area contributed by atoms with Crippen LogP contribution in [0.25, 0.3) is 0 Å². The molecule has 0 aromatic carbocycles. The zero-order chi connectivity index (χ0) is 5.41. The summed E-state index contributed by atoms with van der Waals surface area (Å²) in [4.78, 5) is 0. The van der Waals surface area contributed by atoms with Gasteiger partial charge in [-0.1, -0.05) is 0 Å². The van der Waals surface area contributed by atoms with Crippen LogP contribution in [0.15, 0.2) is 0 Å². The molecule has 0 amide bonds. The average molecular weight is 142 g/mol. The summed E-state index contributed by atoms with van der Waals surface area (Å²) in [6.07, 6.45) is 0. The van der Waals surface area contributed by atoms with Crippen LogP contribution < -0.4 is 0 Å². The minimum absolute atomic E-state index is 2.00. The molecule has 0 atom stereocenters. The number of rotatable bonds is 0. The molecule has 0 fully saturated rings. The van der Waals surface area contributed by atoms with Crippen molar-refractivity contribution in [1.29, 1.82) is 0 Å². The van der Waals surface area contributed by atoms with Crippen LogP contribution in [0.4, 0.5) is 5.91 Å². The number of hydrogen-bond acceptors (Lipinski definition) is 2. The summed E-state index contributed by atoms with van der Waals surface area (Å²) in [6, 6.07) is 0. The second-order valence-corrected chi connectivity index (χ2v) is 0.647. The van der Waals surface area contributed by atoms with Crippen LogP contribution in [0.2, 0.25) is 0 Å². The minimum atomic E-state index is -2.58. The maximum absolute atomic E-state index is 9.76. The topological polar surface area (TPSA) is 34.1 Å². The van der Waals surface area contributed by atoms with E-state index >= 15 is 0 Å². The first-order valence-electron chi connectivity index (χ1n) is 0.943. The average Bonchev–Trinajstić information content (AvgIpc) is 1.39. The normalized spacial score (nSPS) is 3.00. The summed E-state index contributed by atoms with van der Waals surface area (Å²) in [5.74, 6) is 0. The van der Waals surface area contributed by atoms with Crippen molar-refractivity contribution in [2.24, 2.45) is 0 Å². The van der Waals surface area contributed by atoms with Crippen molar-refractivity contribution in [3.8, 4) is 0 Å². The Hall–Kier alpha value is 0.941. The van der Waals surface area contributed by atoms with Crippen LogP contribution in [0.5, 0.6) is 0 Å². The molecule has 6 heavy (non-hydrogen) atoms. The van der Waals surface area contributed by atoms with Gasteiger partial charge in [-0.05, 0) is 0 Å². The molecule has 32 valence electrons. The Morgan fingerprint density at radius 2 is 1.33 bits per heavy atom. The van der Waals surface area contributed by atoms with Gasteiger partial charge in [0, 0.05) is 0 Å². The van der Waals surface area contributed by atoms with Crippen LogP contribution in [-0.2, 0) is 25.7 Å². The van der Waals surface area contributed by atoms with Crippen LogP contribution >= 0.6 is 0 Å². The fourth-order valence-electron chi connectivity index (χ4n) is 0. The molecular formula is F2MgO2Ti. The molecule has 0 radical (unpaired) electrons. The third kappa shape index (κ3) is 86.7. The Kier molecular flexibility index (Phi) is 28.0. The molecule has 0 rings (SSSR count). The van der Waals surface area contributed by atoms with Crippen molar-refractivity contribution >= 4 is 21.5 Å². The molecule has 2 nitrogen and oxygen atoms in total. The fraction of sp³-hybridized carbons (Fsp3) is 0. The van der Waals surface area contributed by atoms with Crippen molar-refractivity contribution in [2.75, 3.05) is 0 Å². The van der Waals surface area contributed by atoms with Crippen molar-refractivity contribution < 1.29 is 31.7 Å². The van der Waals surface area contributed by atoms with Crippen LogP contribution in [0.3, 0.4) is 0 Å². The third-order valence-electron chi connectivity index (χ3n) is 0. The Morgan fingerprint density at radius 1 is 1.33 bits per heavy atom. The Balaban J connectivity index is 0. The zero-order valence-electron chi connectivity index (χ0n) is 2.78. The van der Waals surface area contributed by atoms with E-state index in [0.29, 0.717) is 0 Å². The van der Waals surface area contributed by atoms with Gasteiger partial charge in [0.1, 0.15) is 0 Å². The van der Waals surface area contributed by atoms with Crippen LogP contribution in [0, 0.1) is 0 Å². The van der Waals surface area contributed by atoms with E-state index in [4.69, 9.17) is 6.65 Å². The molecule has 0 saturated heterocycles. The zero-order valence-corrected chi connectivity index (χ0v) is 5.76. The van der Waals surface area contributed by atoms with Crippen LogP contribution in [-0.4, -0.2) is 21.5 Å². The van der Waals surface area contributed by atoms with Crippen molar-refractivity contribution in [1.82, 2.24) is 0 Å². The van der Waals surface area contributed by atoms with Crippen molar-refractivity contribution in [2.45, 2.75) is 0 Å². The van der Waals surface area contributed by atoms with E-state index in [2.05, 4.69) is 0 Å². The summed E-state index contributed by atoms with van der Waals surface area (Å²) in [5.41, 5.74) is 0. The fourth-order valence-corrected chi connectivity index (χ4v) is 0. The SMILES string of the molecule is [F][Mg][F].[O]=[Ti]=[O]. The van der Waals surface area contributed by atoms with E-state index in [1.807, 2.05) is 0 Å². The first-order valence-corrected chi connectivity index (χ1v) is 3.29. The summed E-state index contributed by atoms with van der Waals surface area (Å²) >= 11 is -4.58. The molecule has 0 spiro atoms. The van der Waals surface area contributed by atoms with Gasteiger partial charge in [-0.25, -0.2) is 0 Å². The maximum atomic E-state index is 9.76. The van der Waals surface area contributed by atoms with E-state index in [0.717, 1.165) is 0 Å². The molecule has 0 saturated carbocycles. The Morgan fingerprint density at radius 3 is 1.33 bits per heavy atom. The van der Waals surface area contributed by atoms with E-state index < -0.39 is 40.6 Å². The molecule has 0 unspecified atom stereocenters. The van der Waals surface area contributed by atoms with Crippen molar-refractivity contribution in [3.05, 3.63) is 0 Å². The quantitative estimate of drug-likeness (QED) is 0.453. The predicted molar refractivity (Wildman–Crippen MR) is 9.34 cm³/mol. The molecule has 0 bridgehead atoms. The summed E-state index contributed by atoms with van der Waals surface area (Å²) in [5, 5.41) is 0. The molecular weight excluding hydrogens is 142 g/mol. The molecule has 0 aliphatic heterocycles.